The van der Waals surface area contributed by atoms with Crippen LogP contribution in [0.4, 0.5) is 14.5 Å². The Hall–Kier alpha value is -1.67. The van der Waals surface area contributed by atoms with Gasteiger partial charge in [0.2, 0.25) is 0 Å². The number of ether oxygens (including phenoxy) is 1. The molecule has 1 N–H and O–H groups in total. The van der Waals surface area contributed by atoms with E-state index in [1.54, 1.807) is 6.07 Å². The first-order valence-corrected chi connectivity index (χ1v) is 5.82. The molecule has 1 aromatic carbocycles. The Labute approximate surface area is 104 Å². The smallest absolute Gasteiger partial charge is 0.183 e. The van der Waals surface area contributed by atoms with Gasteiger partial charge in [-0.05, 0) is 31.9 Å². The van der Waals surface area contributed by atoms with E-state index in [-0.39, 0.29) is 16.9 Å². The summed E-state index contributed by atoms with van der Waals surface area (Å²) < 4.78 is 32.6. The van der Waals surface area contributed by atoms with Crippen LogP contribution in [0.5, 0.6) is 0 Å². The van der Waals surface area contributed by atoms with Crippen molar-refractivity contribution in [3.8, 4) is 6.07 Å². The van der Waals surface area contributed by atoms with Gasteiger partial charge in [-0.1, -0.05) is 0 Å². The normalized spacial score (nSPS) is 22.8. The molecule has 1 aromatic rings. The zero-order valence-corrected chi connectivity index (χ0v) is 10.1. The second-order valence-corrected chi connectivity index (χ2v) is 4.66. The highest BCUT2D eigenvalue weighted by Crippen LogP contribution is 2.27. The lowest BCUT2D eigenvalue weighted by Crippen LogP contribution is -2.32. The third-order valence-electron chi connectivity index (χ3n) is 3.16. The van der Waals surface area contributed by atoms with Crippen molar-refractivity contribution in [3.63, 3.8) is 0 Å². The maximum atomic E-state index is 13.6. The van der Waals surface area contributed by atoms with Crippen LogP contribution >= 0.6 is 0 Å². The zero-order chi connectivity index (χ0) is 13.2. The molecule has 0 radical (unpaired) electrons. The van der Waals surface area contributed by atoms with E-state index in [1.807, 2.05) is 6.92 Å². The fraction of sp³-hybridized carbons (Fsp3) is 0.462. The molecule has 1 aliphatic heterocycles. The molecule has 1 heterocycles. The van der Waals surface area contributed by atoms with Crippen LogP contribution in [0, 0.1) is 23.0 Å². The van der Waals surface area contributed by atoms with Crippen LogP contribution in [-0.4, -0.2) is 18.8 Å². The Morgan fingerprint density at radius 1 is 1.44 bits per heavy atom. The fourth-order valence-corrected chi connectivity index (χ4v) is 2.03. The largest absolute Gasteiger partial charge is 0.380 e. The molecule has 0 aromatic heterocycles. The summed E-state index contributed by atoms with van der Waals surface area (Å²) in [5, 5.41) is 11.4. The number of anilines is 1. The van der Waals surface area contributed by atoms with Crippen molar-refractivity contribution in [2.75, 3.05) is 18.5 Å². The Kier molecular flexibility index (Phi) is 3.48. The van der Waals surface area contributed by atoms with Gasteiger partial charge in [-0.2, -0.15) is 5.26 Å². The van der Waals surface area contributed by atoms with E-state index in [0.717, 1.165) is 12.8 Å². The topological polar surface area (TPSA) is 45.0 Å². The molecule has 2 rings (SSSR count). The summed E-state index contributed by atoms with van der Waals surface area (Å²) in [6.07, 6.45) is 1.86. The van der Waals surface area contributed by atoms with E-state index < -0.39 is 11.6 Å². The van der Waals surface area contributed by atoms with Gasteiger partial charge in [0.25, 0.3) is 0 Å². The second-order valence-electron chi connectivity index (χ2n) is 4.66. The quantitative estimate of drug-likeness (QED) is 0.899. The molecular formula is C13H14F2N2O. The SMILES string of the molecule is CC1(CNc2ccc(C#N)c(F)c2F)CCCO1. The molecule has 0 amide bonds. The monoisotopic (exact) mass is 252 g/mol. The third-order valence-corrected chi connectivity index (χ3v) is 3.16. The van der Waals surface area contributed by atoms with Crippen molar-refractivity contribution in [2.24, 2.45) is 0 Å². The van der Waals surface area contributed by atoms with E-state index >= 15 is 0 Å². The minimum Gasteiger partial charge on any atom is -0.380 e. The average Bonchev–Trinajstić information content (AvgIpc) is 2.79. The standard InChI is InChI=1S/C13H14F2N2O/c1-13(5-2-6-18-13)8-17-10-4-3-9(7-16)11(14)12(10)15/h3-4,17H,2,5-6,8H2,1H3. The molecule has 5 heteroatoms. The molecular weight excluding hydrogens is 238 g/mol. The Bertz CT molecular complexity index is 490. The molecule has 1 atom stereocenters. The van der Waals surface area contributed by atoms with Crippen molar-refractivity contribution < 1.29 is 13.5 Å². The van der Waals surface area contributed by atoms with Gasteiger partial charge in [-0.25, -0.2) is 8.78 Å². The molecule has 1 fully saturated rings. The van der Waals surface area contributed by atoms with Crippen LogP contribution in [-0.2, 0) is 4.74 Å². The lowest BCUT2D eigenvalue weighted by molar-refractivity contribution is 0.0315. The van der Waals surface area contributed by atoms with Gasteiger partial charge in [0.05, 0.1) is 16.9 Å². The molecule has 0 bridgehead atoms. The van der Waals surface area contributed by atoms with Crippen LogP contribution < -0.4 is 5.32 Å². The van der Waals surface area contributed by atoms with Crippen molar-refractivity contribution >= 4 is 5.69 Å². The number of halogens is 2. The first-order chi connectivity index (χ1) is 8.56. The Balaban J connectivity index is 2.11. The fourth-order valence-electron chi connectivity index (χ4n) is 2.03. The number of rotatable bonds is 3. The zero-order valence-electron chi connectivity index (χ0n) is 10.1. The van der Waals surface area contributed by atoms with Crippen molar-refractivity contribution in [1.82, 2.24) is 0 Å². The van der Waals surface area contributed by atoms with Gasteiger partial charge in [-0.3, -0.25) is 0 Å². The highest BCUT2D eigenvalue weighted by atomic mass is 19.2. The van der Waals surface area contributed by atoms with E-state index in [1.165, 1.54) is 12.1 Å². The van der Waals surface area contributed by atoms with Crippen molar-refractivity contribution in [3.05, 3.63) is 29.3 Å². The molecule has 1 saturated heterocycles. The van der Waals surface area contributed by atoms with Gasteiger partial charge >= 0.3 is 0 Å². The van der Waals surface area contributed by atoms with Gasteiger partial charge in [-0.15, -0.1) is 0 Å². The molecule has 1 unspecified atom stereocenters. The van der Waals surface area contributed by atoms with Crippen LogP contribution in [0.25, 0.3) is 0 Å². The molecule has 1 aliphatic rings. The van der Waals surface area contributed by atoms with E-state index in [9.17, 15) is 8.78 Å². The highest BCUT2D eigenvalue weighted by molar-refractivity contribution is 5.50. The summed E-state index contributed by atoms with van der Waals surface area (Å²) in [5.41, 5.74) is -0.568. The number of hydrogen-bond donors (Lipinski definition) is 1. The number of nitriles is 1. The summed E-state index contributed by atoms with van der Waals surface area (Å²) >= 11 is 0. The van der Waals surface area contributed by atoms with Gasteiger partial charge in [0.1, 0.15) is 6.07 Å². The van der Waals surface area contributed by atoms with Gasteiger partial charge < -0.3 is 10.1 Å². The minimum absolute atomic E-state index is 0.0585. The average molecular weight is 252 g/mol. The molecule has 18 heavy (non-hydrogen) atoms. The minimum atomic E-state index is -1.11. The molecule has 0 saturated carbocycles. The summed E-state index contributed by atoms with van der Waals surface area (Å²) in [6, 6.07) is 4.23. The molecule has 0 spiro atoms. The van der Waals surface area contributed by atoms with E-state index in [2.05, 4.69) is 5.32 Å². The maximum Gasteiger partial charge on any atom is 0.183 e. The van der Waals surface area contributed by atoms with Crippen molar-refractivity contribution in [2.45, 2.75) is 25.4 Å². The predicted molar refractivity (Wildman–Crippen MR) is 63.2 cm³/mol. The lowest BCUT2D eigenvalue weighted by atomic mass is 10.0. The number of hydrogen-bond acceptors (Lipinski definition) is 3. The maximum absolute atomic E-state index is 13.6. The van der Waals surface area contributed by atoms with Crippen LogP contribution in [0.1, 0.15) is 25.3 Å². The van der Waals surface area contributed by atoms with Gasteiger partial charge in [0, 0.05) is 13.2 Å². The summed E-state index contributed by atoms with van der Waals surface area (Å²) in [7, 11) is 0. The molecule has 3 nitrogen and oxygen atoms in total. The number of benzene rings is 1. The first kappa shape index (κ1) is 12.8. The highest BCUT2D eigenvalue weighted by Gasteiger charge is 2.29. The summed E-state index contributed by atoms with van der Waals surface area (Å²) in [6.45, 7) is 3.04. The lowest BCUT2D eigenvalue weighted by Gasteiger charge is -2.24. The van der Waals surface area contributed by atoms with Crippen LogP contribution in [0.2, 0.25) is 0 Å². The predicted octanol–water partition coefficient (Wildman–Crippen LogP) is 2.82. The second kappa shape index (κ2) is 4.91. The Morgan fingerprint density at radius 2 is 2.22 bits per heavy atom. The van der Waals surface area contributed by atoms with Gasteiger partial charge in [0.15, 0.2) is 11.6 Å². The first-order valence-electron chi connectivity index (χ1n) is 5.82. The third kappa shape index (κ3) is 2.44. The number of nitrogens with one attached hydrogen (secondary N) is 1. The summed E-state index contributed by atoms with van der Waals surface area (Å²) in [5.74, 6) is -2.13. The van der Waals surface area contributed by atoms with Crippen LogP contribution in [0.3, 0.4) is 0 Å². The van der Waals surface area contributed by atoms with Crippen molar-refractivity contribution in [1.29, 1.82) is 5.26 Å². The van der Waals surface area contributed by atoms with Crippen LogP contribution in [0.15, 0.2) is 12.1 Å². The number of nitrogens with zero attached hydrogens (tertiary/aromatic N) is 1. The van der Waals surface area contributed by atoms with E-state index in [0.29, 0.717) is 13.2 Å². The van der Waals surface area contributed by atoms with E-state index in [4.69, 9.17) is 10.00 Å². The molecule has 96 valence electrons. The molecule has 0 aliphatic carbocycles. The summed E-state index contributed by atoms with van der Waals surface area (Å²) in [4.78, 5) is 0. The Morgan fingerprint density at radius 3 is 2.83 bits per heavy atom.